The predicted octanol–water partition coefficient (Wildman–Crippen LogP) is 4.15. The van der Waals surface area contributed by atoms with Crippen LogP contribution in [0, 0.1) is 6.92 Å². The van der Waals surface area contributed by atoms with Gasteiger partial charge < -0.3 is 4.90 Å². The number of thiophene rings is 1. The van der Waals surface area contributed by atoms with Crippen LogP contribution >= 0.6 is 11.3 Å². The average Bonchev–Trinajstić information content (AvgIpc) is 3.21. The van der Waals surface area contributed by atoms with E-state index in [0.717, 1.165) is 10.4 Å². The van der Waals surface area contributed by atoms with E-state index in [9.17, 15) is 13.2 Å². The Morgan fingerprint density at radius 3 is 2.36 bits per heavy atom. The molecule has 28 heavy (non-hydrogen) atoms. The quantitative estimate of drug-likeness (QED) is 0.609. The number of hydrogen-bond acceptors (Lipinski definition) is 4. The Kier molecular flexibility index (Phi) is 5.86. The van der Waals surface area contributed by atoms with Crippen LogP contribution in [0.4, 0.5) is 5.69 Å². The molecule has 0 aliphatic heterocycles. The summed E-state index contributed by atoms with van der Waals surface area (Å²) >= 11 is 1.59. The molecule has 0 saturated carbocycles. The first-order valence-corrected chi connectivity index (χ1v) is 11.0. The summed E-state index contributed by atoms with van der Waals surface area (Å²) in [5.74, 6) is -0.153. The first-order valence-electron chi connectivity index (χ1n) is 8.73. The second-order valence-electron chi connectivity index (χ2n) is 6.53. The van der Waals surface area contributed by atoms with Crippen LogP contribution in [0.15, 0.2) is 70.9 Å². The number of aryl methyl sites for hydroxylation is 1. The standard InChI is InChI=1S/C21H22N2O3S2/c1-16-11-12-17(21(24)22(2)15-18-8-7-13-27-18)14-20(16)23(3)28(25,26)19-9-5-4-6-10-19/h4-14H,15H2,1-3H3. The van der Waals surface area contributed by atoms with Crippen molar-refractivity contribution in [1.29, 1.82) is 0 Å². The third kappa shape index (κ3) is 4.10. The van der Waals surface area contributed by atoms with Crippen molar-refractivity contribution in [2.75, 3.05) is 18.4 Å². The third-order valence-corrected chi connectivity index (χ3v) is 7.16. The normalized spacial score (nSPS) is 11.2. The first-order chi connectivity index (χ1) is 13.3. The first kappa shape index (κ1) is 20.1. The second kappa shape index (κ2) is 8.16. The molecule has 0 radical (unpaired) electrons. The highest BCUT2D eigenvalue weighted by Crippen LogP contribution is 2.27. The molecule has 3 aromatic rings. The second-order valence-corrected chi connectivity index (χ2v) is 9.53. The topological polar surface area (TPSA) is 57.7 Å². The van der Waals surface area contributed by atoms with Gasteiger partial charge in [0.25, 0.3) is 15.9 Å². The Morgan fingerprint density at radius 1 is 1.00 bits per heavy atom. The summed E-state index contributed by atoms with van der Waals surface area (Å²) in [5, 5.41) is 1.97. The molecule has 0 aliphatic carbocycles. The van der Waals surface area contributed by atoms with E-state index < -0.39 is 10.0 Å². The van der Waals surface area contributed by atoms with Crippen molar-refractivity contribution < 1.29 is 13.2 Å². The van der Waals surface area contributed by atoms with Crippen LogP contribution in [0.25, 0.3) is 0 Å². The Morgan fingerprint density at radius 2 is 1.71 bits per heavy atom. The van der Waals surface area contributed by atoms with Gasteiger partial charge in [0.05, 0.1) is 17.1 Å². The molecule has 0 aliphatic rings. The summed E-state index contributed by atoms with van der Waals surface area (Å²) in [6, 6.07) is 17.3. The van der Waals surface area contributed by atoms with E-state index in [0.29, 0.717) is 17.8 Å². The maximum absolute atomic E-state index is 12.9. The predicted molar refractivity (Wildman–Crippen MR) is 113 cm³/mol. The van der Waals surface area contributed by atoms with E-state index >= 15 is 0 Å². The molecule has 7 heteroatoms. The highest BCUT2D eigenvalue weighted by molar-refractivity contribution is 7.92. The van der Waals surface area contributed by atoms with Crippen molar-refractivity contribution in [3.63, 3.8) is 0 Å². The number of carbonyl (C=O) groups is 1. The number of benzene rings is 2. The van der Waals surface area contributed by atoms with Crippen molar-refractivity contribution in [3.05, 3.63) is 82.0 Å². The number of sulfonamides is 1. The van der Waals surface area contributed by atoms with E-state index in [2.05, 4.69) is 0 Å². The van der Waals surface area contributed by atoms with Crippen molar-refractivity contribution in [3.8, 4) is 0 Å². The maximum Gasteiger partial charge on any atom is 0.264 e. The van der Waals surface area contributed by atoms with Gasteiger partial charge in [0.1, 0.15) is 0 Å². The number of nitrogens with zero attached hydrogens (tertiary/aromatic N) is 2. The van der Waals surface area contributed by atoms with Crippen LogP contribution in [0.1, 0.15) is 20.8 Å². The lowest BCUT2D eigenvalue weighted by Gasteiger charge is -2.23. The van der Waals surface area contributed by atoms with E-state index in [4.69, 9.17) is 0 Å². The monoisotopic (exact) mass is 414 g/mol. The smallest absolute Gasteiger partial charge is 0.264 e. The fourth-order valence-corrected chi connectivity index (χ4v) is 4.92. The zero-order chi connectivity index (χ0) is 20.3. The molecular formula is C21H22N2O3S2. The molecule has 0 unspecified atom stereocenters. The van der Waals surface area contributed by atoms with Gasteiger partial charge in [0.2, 0.25) is 0 Å². The van der Waals surface area contributed by atoms with Gasteiger partial charge in [-0.25, -0.2) is 8.42 Å². The Labute approximate surface area is 169 Å². The zero-order valence-corrected chi connectivity index (χ0v) is 17.6. The van der Waals surface area contributed by atoms with E-state index in [1.807, 2.05) is 24.4 Å². The minimum Gasteiger partial charge on any atom is -0.337 e. The van der Waals surface area contributed by atoms with Crippen LogP contribution in [0.3, 0.4) is 0 Å². The number of amides is 1. The molecule has 1 aromatic heterocycles. The minimum absolute atomic E-state index is 0.153. The third-order valence-electron chi connectivity index (χ3n) is 4.52. The highest BCUT2D eigenvalue weighted by atomic mass is 32.2. The molecule has 3 rings (SSSR count). The fraction of sp³-hybridized carbons (Fsp3) is 0.190. The van der Waals surface area contributed by atoms with Crippen molar-refractivity contribution >= 4 is 33.0 Å². The van der Waals surface area contributed by atoms with E-state index in [1.165, 1.54) is 11.4 Å². The van der Waals surface area contributed by atoms with Crippen molar-refractivity contribution in [2.45, 2.75) is 18.4 Å². The SMILES string of the molecule is Cc1ccc(C(=O)N(C)Cc2cccs2)cc1N(C)S(=O)(=O)c1ccccc1. The van der Waals surface area contributed by atoms with Gasteiger partial charge in [-0.2, -0.15) is 0 Å². The van der Waals surface area contributed by atoms with Crippen molar-refractivity contribution in [1.82, 2.24) is 4.90 Å². The molecule has 0 bridgehead atoms. The molecule has 0 fully saturated rings. The lowest BCUT2D eigenvalue weighted by Crippen LogP contribution is -2.29. The molecule has 146 valence electrons. The summed E-state index contributed by atoms with van der Waals surface area (Å²) in [7, 11) is -0.458. The molecule has 0 spiro atoms. The summed E-state index contributed by atoms with van der Waals surface area (Å²) in [5.41, 5.74) is 1.72. The average molecular weight is 415 g/mol. The molecule has 0 saturated heterocycles. The Hall–Kier alpha value is -2.64. The minimum atomic E-state index is -3.71. The van der Waals surface area contributed by atoms with E-state index in [1.54, 1.807) is 71.8 Å². The molecule has 0 atom stereocenters. The van der Waals surface area contributed by atoms with Gasteiger partial charge in [-0.05, 0) is 48.2 Å². The number of anilines is 1. The van der Waals surface area contributed by atoms with E-state index in [-0.39, 0.29) is 10.8 Å². The summed E-state index contributed by atoms with van der Waals surface area (Å²) in [6.07, 6.45) is 0. The zero-order valence-electron chi connectivity index (χ0n) is 16.0. The molecule has 0 N–H and O–H groups in total. The Balaban J connectivity index is 1.90. The van der Waals surface area contributed by atoms with Crippen LogP contribution < -0.4 is 4.31 Å². The van der Waals surface area contributed by atoms with Crippen LogP contribution in [-0.4, -0.2) is 33.3 Å². The lowest BCUT2D eigenvalue weighted by molar-refractivity contribution is 0.0786. The Bertz CT molecular complexity index is 1060. The largest absolute Gasteiger partial charge is 0.337 e. The summed E-state index contributed by atoms with van der Waals surface area (Å²) < 4.78 is 27.1. The van der Waals surface area contributed by atoms with Gasteiger partial charge in [0, 0.05) is 24.5 Å². The summed E-state index contributed by atoms with van der Waals surface area (Å²) in [6.45, 7) is 2.34. The molecule has 1 heterocycles. The van der Waals surface area contributed by atoms with Gasteiger partial charge in [-0.15, -0.1) is 11.3 Å². The van der Waals surface area contributed by atoms with Gasteiger partial charge in [-0.1, -0.05) is 30.3 Å². The molecule has 5 nitrogen and oxygen atoms in total. The lowest BCUT2D eigenvalue weighted by atomic mass is 10.1. The van der Waals surface area contributed by atoms with Gasteiger partial charge in [0.15, 0.2) is 0 Å². The van der Waals surface area contributed by atoms with Gasteiger partial charge >= 0.3 is 0 Å². The fourth-order valence-electron chi connectivity index (χ4n) is 2.89. The number of rotatable bonds is 6. The summed E-state index contributed by atoms with van der Waals surface area (Å²) in [4.78, 5) is 15.8. The number of hydrogen-bond donors (Lipinski definition) is 0. The maximum atomic E-state index is 12.9. The van der Waals surface area contributed by atoms with Gasteiger partial charge in [-0.3, -0.25) is 9.10 Å². The van der Waals surface area contributed by atoms with Crippen LogP contribution in [-0.2, 0) is 16.6 Å². The molecular weight excluding hydrogens is 392 g/mol. The van der Waals surface area contributed by atoms with Crippen LogP contribution in [0.2, 0.25) is 0 Å². The highest BCUT2D eigenvalue weighted by Gasteiger charge is 2.23. The van der Waals surface area contributed by atoms with Crippen LogP contribution in [0.5, 0.6) is 0 Å². The number of carbonyl (C=O) groups excluding carboxylic acids is 1. The molecule has 1 amide bonds. The molecule has 2 aromatic carbocycles. The van der Waals surface area contributed by atoms with Crippen molar-refractivity contribution in [2.24, 2.45) is 0 Å².